The highest BCUT2D eigenvalue weighted by molar-refractivity contribution is 5.34. The molecule has 84 valence electrons. The fourth-order valence-corrected chi connectivity index (χ4v) is 1.35. The van der Waals surface area contributed by atoms with E-state index in [1.807, 2.05) is 18.2 Å². The third-order valence-corrected chi connectivity index (χ3v) is 2.02. The van der Waals surface area contributed by atoms with E-state index in [0.29, 0.717) is 5.92 Å². The summed E-state index contributed by atoms with van der Waals surface area (Å²) in [7, 11) is 0. The van der Waals surface area contributed by atoms with Gasteiger partial charge in [-0.3, -0.25) is 0 Å². The molecule has 0 unspecified atom stereocenters. The van der Waals surface area contributed by atoms with Crippen molar-refractivity contribution in [2.24, 2.45) is 5.92 Å². The van der Waals surface area contributed by atoms with Gasteiger partial charge in [-0.05, 0) is 31.5 Å². The number of hydrogen-bond donors (Lipinski definition) is 2. The summed E-state index contributed by atoms with van der Waals surface area (Å²) in [6, 6.07) is 6.08. The van der Waals surface area contributed by atoms with Crippen molar-refractivity contribution in [3.8, 4) is 0 Å². The van der Waals surface area contributed by atoms with Gasteiger partial charge in [0.2, 0.25) is 0 Å². The Hall–Kier alpha value is -1.09. The predicted molar refractivity (Wildman–Crippen MR) is 64.9 cm³/mol. The van der Waals surface area contributed by atoms with E-state index in [4.69, 9.17) is 0 Å². The first kappa shape index (κ1) is 12.0. The zero-order chi connectivity index (χ0) is 11.1. The molecular formula is C12H21N3. The van der Waals surface area contributed by atoms with Crippen LogP contribution in [0.25, 0.3) is 0 Å². The van der Waals surface area contributed by atoms with Crippen LogP contribution < -0.4 is 10.6 Å². The Morgan fingerprint density at radius 1 is 1.33 bits per heavy atom. The Labute approximate surface area is 92.3 Å². The maximum Gasteiger partial charge on any atom is 0.126 e. The summed E-state index contributed by atoms with van der Waals surface area (Å²) in [5, 5.41) is 6.59. The standard InChI is InChI=1S/C12H21N3/c1-4-14-12-7-5-6-11(15-12)9-13-8-10(2)3/h5-7,10,13H,4,8-9H2,1-3H3,(H,14,15). The second-order valence-corrected chi connectivity index (χ2v) is 4.07. The molecule has 0 bridgehead atoms. The lowest BCUT2D eigenvalue weighted by molar-refractivity contribution is 0.548. The van der Waals surface area contributed by atoms with Gasteiger partial charge in [0.25, 0.3) is 0 Å². The van der Waals surface area contributed by atoms with Gasteiger partial charge < -0.3 is 10.6 Å². The minimum absolute atomic E-state index is 0.682. The molecule has 1 rings (SSSR count). The number of hydrogen-bond acceptors (Lipinski definition) is 3. The van der Waals surface area contributed by atoms with Gasteiger partial charge in [-0.15, -0.1) is 0 Å². The van der Waals surface area contributed by atoms with Gasteiger partial charge in [-0.25, -0.2) is 4.98 Å². The molecule has 0 saturated heterocycles. The normalized spacial score (nSPS) is 10.7. The molecule has 1 heterocycles. The molecule has 1 aromatic rings. The fourth-order valence-electron chi connectivity index (χ4n) is 1.35. The van der Waals surface area contributed by atoms with E-state index in [2.05, 4.69) is 36.4 Å². The number of nitrogens with zero attached hydrogens (tertiary/aromatic N) is 1. The van der Waals surface area contributed by atoms with E-state index in [-0.39, 0.29) is 0 Å². The van der Waals surface area contributed by atoms with Crippen LogP contribution >= 0.6 is 0 Å². The molecule has 0 saturated carbocycles. The monoisotopic (exact) mass is 207 g/mol. The van der Waals surface area contributed by atoms with E-state index in [1.165, 1.54) is 0 Å². The van der Waals surface area contributed by atoms with Crippen LogP contribution in [0.15, 0.2) is 18.2 Å². The van der Waals surface area contributed by atoms with Gasteiger partial charge in [0, 0.05) is 13.1 Å². The Morgan fingerprint density at radius 2 is 2.13 bits per heavy atom. The third-order valence-electron chi connectivity index (χ3n) is 2.02. The van der Waals surface area contributed by atoms with Crippen molar-refractivity contribution in [2.75, 3.05) is 18.4 Å². The number of rotatable bonds is 6. The maximum atomic E-state index is 4.49. The minimum Gasteiger partial charge on any atom is -0.370 e. The summed E-state index contributed by atoms with van der Waals surface area (Å²) < 4.78 is 0. The van der Waals surface area contributed by atoms with Crippen LogP contribution in [0, 0.1) is 5.92 Å². The van der Waals surface area contributed by atoms with Crippen molar-refractivity contribution in [1.82, 2.24) is 10.3 Å². The van der Waals surface area contributed by atoms with E-state index in [0.717, 1.165) is 31.1 Å². The van der Waals surface area contributed by atoms with Gasteiger partial charge in [-0.1, -0.05) is 19.9 Å². The highest BCUT2D eigenvalue weighted by atomic mass is 15.0. The van der Waals surface area contributed by atoms with E-state index in [1.54, 1.807) is 0 Å². The molecule has 2 N–H and O–H groups in total. The van der Waals surface area contributed by atoms with Gasteiger partial charge in [0.05, 0.1) is 5.69 Å². The Kier molecular flexibility index (Phi) is 5.12. The quantitative estimate of drug-likeness (QED) is 0.751. The second-order valence-electron chi connectivity index (χ2n) is 4.07. The van der Waals surface area contributed by atoms with Gasteiger partial charge in [-0.2, -0.15) is 0 Å². The van der Waals surface area contributed by atoms with E-state index < -0.39 is 0 Å². The molecule has 0 atom stereocenters. The second kappa shape index (κ2) is 6.40. The van der Waals surface area contributed by atoms with Crippen LogP contribution in [0.3, 0.4) is 0 Å². The van der Waals surface area contributed by atoms with Crippen LogP contribution in [0.2, 0.25) is 0 Å². The largest absolute Gasteiger partial charge is 0.370 e. The van der Waals surface area contributed by atoms with Crippen LogP contribution in [0.5, 0.6) is 0 Å². The topological polar surface area (TPSA) is 37.0 Å². The molecule has 0 aliphatic rings. The lowest BCUT2D eigenvalue weighted by Gasteiger charge is -2.08. The number of aromatic nitrogens is 1. The fraction of sp³-hybridized carbons (Fsp3) is 0.583. The van der Waals surface area contributed by atoms with E-state index in [9.17, 15) is 0 Å². The Bertz CT molecular complexity index is 284. The highest BCUT2D eigenvalue weighted by Crippen LogP contribution is 2.04. The maximum absolute atomic E-state index is 4.49. The number of anilines is 1. The molecule has 0 amide bonds. The van der Waals surface area contributed by atoms with Crippen molar-refractivity contribution in [1.29, 1.82) is 0 Å². The lowest BCUT2D eigenvalue weighted by Crippen LogP contribution is -2.19. The predicted octanol–water partition coefficient (Wildman–Crippen LogP) is 2.26. The summed E-state index contributed by atoms with van der Waals surface area (Å²) in [5.74, 6) is 1.64. The van der Waals surface area contributed by atoms with Crippen molar-refractivity contribution in [3.05, 3.63) is 23.9 Å². The third kappa shape index (κ3) is 4.79. The molecule has 3 heteroatoms. The van der Waals surface area contributed by atoms with Crippen LogP contribution in [0.1, 0.15) is 26.5 Å². The summed E-state index contributed by atoms with van der Waals surface area (Å²) >= 11 is 0. The zero-order valence-corrected chi connectivity index (χ0v) is 9.88. The molecule has 0 radical (unpaired) electrons. The molecule has 0 aliphatic carbocycles. The number of nitrogens with one attached hydrogen (secondary N) is 2. The zero-order valence-electron chi connectivity index (χ0n) is 9.88. The van der Waals surface area contributed by atoms with Crippen molar-refractivity contribution in [3.63, 3.8) is 0 Å². The van der Waals surface area contributed by atoms with Crippen LogP contribution in [-0.4, -0.2) is 18.1 Å². The van der Waals surface area contributed by atoms with Crippen LogP contribution in [-0.2, 0) is 6.54 Å². The molecule has 15 heavy (non-hydrogen) atoms. The summed E-state index contributed by atoms with van der Waals surface area (Å²) in [5.41, 5.74) is 1.09. The smallest absolute Gasteiger partial charge is 0.126 e. The van der Waals surface area contributed by atoms with E-state index >= 15 is 0 Å². The average molecular weight is 207 g/mol. The summed E-state index contributed by atoms with van der Waals surface area (Å²) in [4.78, 5) is 4.49. The van der Waals surface area contributed by atoms with Crippen molar-refractivity contribution < 1.29 is 0 Å². The molecule has 1 aromatic heterocycles. The summed E-state index contributed by atoms with van der Waals surface area (Å²) in [6.45, 7) is 9.27. The molecule has 0 spiro atoms. The van der Waals surface area contributed by atoms with Gasteiger partial charge >= 0.3 is 0 Å². The Morgan fingerprint density at radius 3 is 2.80 bits per heavy atom. The summed E-state index contributed by atoms with van der Waals surface area (Å²) in [6.07, 6.45) is 0. The first-order valence-electron chi connectivity index (χ1n) is 5.63. The molecule has 3 nitrogen and oxygen atoms in total. The van der Waals surface area contributed by atoms with Gasteiger partial charge in [0.15, 0.2) is 0 Å². The Balaban J connectivity index is 2.43. The van der Waals surface area contributed by atoms with Crippen molar-refractivity contribution >= 4 is 5.82 Å². The molecule has 0 aliphatic heterocycles. The minimum atomic E-state index is 0.682. The lowest BCUT2D eigenvalue weighted by atomic mass is 10.2. The van der Waals surface area contributed by atoms with Gasteiger partial charge in [0.1, 0.15) is 5.82 Å². The van der Waals surface area contributed by atoms with Crippen LogP contribution in [0.4, 0.5) is 5.82 Å². The molecule has 0 aromatic carbocycles. The molecular weight excluding hydrogens is 186 g/mol. The first-order chi connectivity index (χ1) is 7.22. The average Bonchev–Trinajstić information content (AvgIpc) is 2.18. The highest BCUT2D eigenvalue weighted by Gasteiger charge is 1.97. The van der Waals surface area contributed by atoms with Crippen molar-refractivity contribution in [2.45, 2.75) is 27.3 Å². The SMILES string of the molecule is CCNc1cccc(CNCC(C)C)n1. The molecule has 0 fully saturated rings. The number of pyridine rings is 1. The first-order valence-corrected chi connectivity index (χ1v) is 5.63.